The predicted octanol–water partition coefficient (Wildman–Crippen LogP) is 0.530. The van der Waals surface area contributed by atoms with E-state index < -0.39 is 47.9 Å². The number of phenols is 1. The van der Waals surface area contributed by atoms with Gasteiger partial charge in [0.05, 0.1) is 6.04 Å². The van der Waals surface area contributed by atoms with E-state index in [1.54, 1.807) is 19.1 Å². The molecule has 0 aliphatic carbocycles. The van der Waals surface area contributed by atoms with Crippen molar-refractivity contribution in [3.8, 4) is 5.75 Å². The molecule has 10 nitrogen and oxygen atoms in total. The molecule has 3 amide bonds. The molecule has 12 heteroatoms. The fourth-order valence-corrected chi connectivity index (χ4v) is 3.79. The molecule has 0 aromatic heterocycles. The van der Waals surface area contributed by atoms with E-state index in [9.17, 15) is 29.4 Å². The van der Waals surface area contributed by atoms with Gasteiger partial charge in [0.15, 0.2) is 0 Å². The molecule has 0 radical (unpaired) electrons. The van der Waals surface area contributed by atoms with Crippen LogP contribution in [0.25, 0.3) is 0 Å². The van der Waals surface area contributed by atoms with Gasteiger partial charge < -0.3 is 31.9 Å². The Bertz CT molecular complexity index is 855. The van der Waals surface area contributed by atoms with Crippen molar-refractivity contribution in [1.29, 1.82) is 0 Å². The molecule has 1 rings (SSSR count). The summed E-state index contributed by atoms with van der Waals surface area (Å²) >= 11 is 5.48. The molecular weight excluding hydrogens is 492 g/mol. The summed E-state index contributed by atoms with van der Waals surface area (Å²) in [5.41, 5.74) is 6.41. The van der Waals surface area contributed by atoms with Crippen molar-refractivity contribution < 1.29 is 29.4 Å². The molecule has 1 aromatic rings. The first-order valence-corrected chi connectivity index (χ1v) is 13.3. The lowest BCUT2D eigenvalue weighted by atomic mass is 9.96. The van der Waals surface area contributed by atoms with Gasteiger partial charge in [-0.1, -0.05) is 32.4 Å². The van der Waals surface area contributed by atoms with Gasteiger partial charge in [0, 0.05) is 12.2 Å². The number of thiol groups is 1. The normalized spacial score (nSPS) is 15.2. The third-order valence-corrected chi connectivity index (χ3v) is 6.60. The summed E-state index contributed by atoms with van der Waals surface area (Å²) in [5, 5.41) is 26.8. The molecule has 35 heavy (non-hydrogen) atoms. The van der Waals surface area contributed by atoms with Crippen molar-refractivity contribution in [2.75, 3.05) is 17.8 Å². The molecule has 0 fully saturated rings. The van der Waals surface area contributed by atoms with E-state index in [1.807, 2.05) is 13.2 Å². The van der Waals surface area contributed by atoms with Crippen molar-refractivity contribution in [2.24, 2.45) is 11.7 Å². The van der Waals surface area contributed by atoms with Crippen LogP contribution in [0.15, 0.2) is 24.3 Å². The zero-order valence-corrected chi connectivity index (χ0v) is 21.9. The first-order chi connectivity index (χ1) is 16.5. The van der Waals surface area contributed by atoms with Gasteiger partial charge in [0.2, 0.25) is 17.7 Å². The molecule has 0 saturated heterocycles. The summed E-state index contributed by atoms with van der Waals surface area (Å²) in [5.74, 6) is -2.59. The first-order valence-electron chi connectivity index (χ1n) is 11.3. The van der Waals surface area contributed by atoms with Gasteiger partial charge in [-0.05, 0) is 42.0 Å². The zero-order chi connectivity index (χ0) is 26.5. The van der Waals surface area contributed by atoms with E-state index in [2.05, 4.69) is 28.6 Å². The van der Waals surface area contributed by atoms with Gasteiger partial charge in [-0.2, -0.15) is 24.4 Å². The van der Waals surface area contributed by atoms with Crippen LogP contribution in [0.1, 0.15) is 32.3 Å². The number of aliphatic carboxylic acids is 1. The van der Waals surface area contributed by atoms with Crippen LogP contribution in [-0.2, 0) is 25.6 Å². The smallest absolute Gasteiger partial charge is 0.326 e. The number of carbonyl (C=O) groups excluding carboxylic acids is 3. The minimum atomic E-state index is -1.15. The highest BCUT2D eigenvalue weighted by Gasteiger charge is 2.32. The van der Waals surface area contributed by atoms with Crippen molar-refractivity contribution in [3.63, 3.8) is 0 Å². The van der Waals surface area contributed by atoms with E-state index in [1.165, 1.54) is 23.9 Å². The number of hydrogen-bond donors (Lipinski definition) is 7. The number of nitrogens with one attached hydrogen (secondary N) is 3. The van der Waals surface area contributed by atoms with Crippen molar-refractivity contribution in [1.82, 2.24) is 16.0 Å². The maximum Gasteiger partial charge on any atom is 0.326 e. The van der Waals surface area contributed by atoms with Crippen molar-refractivity contribution >= 4 is 48.1 Å². The summed E-state index contributed by atoms with van der Waals surface area (Å²) in [6, 6.07) is 2.05. The molecule has 196 valence electrons. The number of carbonyl (C=O) groups is 4. The Kier molecular flexibility index (Phi) is 13.6. The zero-order valence-electron chi connectivity index (χ0n) is 20.2. The number of carboxylic acids is 1. The lowest BCUT2D eigenvalue weighted by Crippen LogP contribution is -2.59. The van der Waals surface area contributed by atoms with Crippen molar-refractivity contribution in [3.05, 3.63) is 29.8 Å². The monoisotopic (exact) mass is 528 g/mol. The van der Waals surface area contributed by atoms with Gasteiger partial charge in [-0.25, -0.2) is 4.79 Å². The van der Waals surface area contributed by atoms with E-state index in [0.717, 1.165) is 0 Å². The molecular formula is C23H36N4O6S2. The highest BCUT2D eigenvalue weighted by Crippen LogP contribution is 2.14. The van der Waals surface area contributed by atoms with Crippen LogP contribution < -0.4 is 21.7 Å². The molecule has 1 aromatic carbocycles. The highest BCUT2D eigenvalue weighted by molar-refractivity contribution is 7.98. The second-order valence-electron chi connectivity index (χ2n) is 8.27. The van der Waals surface area contributed by atoms with Crippen LogP contribution in [-0.4, -0.2) is 75.8 Å². The molecule has 0 aliphatic rings. The Labute approximate surface area is 215 Å². The molecule has 0 heterocycles. The molecule has 5 atom stereocenters. The van der Waals surface area contributed by atoms with Gasteiger partial charge in [0.1, 0.15) is 23.9 Å². The second-order valence-corrected chi connectivity index (χ2v) is 9.62. The second kappa shape index (κ2) is 15.5. The minimum Gasteiger partial charge on any atom is -0.508 e. The van der Waals surface area contributed by atoms with Crippen LogP contribution in [0.4, 0.5) is 0 Å². The molecule has 0 bridgehead atoms. The Morgan fingerprint density at radius 3 is 2.14 bits per heavy atom. The van der Waals surface area contributed by atoms with Crippen LogP contribution in [0.2, 0.25) is 0 Å². The molecule has 0 spiro atoms. The first kappa shape index (κ1) is 30.6. The summed E-state index contributed by atoms with van der Waals surface area (Å²) in [6.07, 6.45) is 2.70. The lowest BCUT2D eigenvalue weighted by Gasteiger charge is -2.28. The fraction of sp³-hybridized carbons (Fsp3) is 0.565. The van der Waals surface area contributed by atoms with Gasteiger partial charge in [-0.3, -0.25) is 14.4 Å². The summed E-state index contributed by atoms with van der Waals surface area (Å²) in [4.78, 5) is 50.3. The van der Waals surface area contributed by atoms with Gasteiger partial charge in [0.25, 0.3) is 0 Å². The van der Waals surface area contributed by atoms with Crippen molar-refractivity contribution in [2.45, 2.75) is 57.3 Å². The summed E-state index contributed by atoms with van der Waals surface area (Å²) in [6.45, 7) is 3.62. The fourth-order valence-electron chi connectivity index (χ4n) is 3.15. The number of aromatic hydroxyl groups is 1. The maximum absolute atomic E-state index is 13.3. The third-order valence-electron chi connectivity index (χ3n) is 5.56. The molecule has 5 unspecified atom stereocenters. The SMILES string of the molecule is CCC(C)C(NC(=O)C(Cc1ccc(O)cc1)NC(=O)C(N)CS)C(=O)NC(CCSC)C(=O)O. The van der Waals surface area contributed by atoms with Crippen LogP contribution >= 0.6 is 24.4 Å². The average Bonchev–Trinajstić information content (AvgIpc) is 2.84. The Balaban J connectivity index is 3.11. The van der Waals surface area contributed by atoms with Crippen LogP contribution in [0.3, 0.4) is 0 Å². The number of hydrogen-bond acceptors (Lipinski definition) is 8. The summed E-state index contributed by atoms with van der Waals surface area (Å²) in [7, 11) is 0. The Morgan fingerprint density at radius 2 is 1.63 bits per heavy atom. The standard InChI is InChI=1S/C23H36N4O6S2/c1-4-13(2)19(22(31)25-17(23(32)33)9-10-35-3)27-21(30)18(26-20(29)16(24)12-34)11-14-5-7-15(28)8-6-14/h5-8,13,16-19,28,34H,4,9-12,24H2,1-3H3,(H,25,31)(H,26,29)(H,27,30)(H,32,33). The number of carboxylic acid groups (broad SMARTS) is 1. The molecule has 0 saturated carbocycles. The van der Waals surface area contributed by atoms with E-state index in [4.69, 9.17) is 5.73 Å². The number of nitrogens with two attached hydrogens (primary N) is 1. The number of thioether (sulfide) groups is 1. The number of amides is 3. The molecule has 0 aliphatic heterocycles. The van der Waals surface area contributed by atoms with E-state index >= 15 is 0 Å². The van der Waals surface area contributed by atoms with Crippen LogP contribution in [0, 0.1) is 5.92 Å². The third kappa shape index (κ3) is 10.4. The largest absolute Gasteiger partial charge is 0.508 e. The number of phenolic OH excluding ortho intramolecular Hbond substituents is 1. The van der Waals surface area contributed by atoms with E-state index in [0.29, 0.717) is 17.7 Å². The predicted molar refractivity (Wildman–Crippen MR) is 140 cm³/mol. The van der Waals surface area contributed by atoms with Crippen LogP contribution in [0.5, 0.6) is 5.75 Å². The number of benzene rings is 1. The topological polar surface area (TPSA) is 171 Å². The Morgan fingerprint density at radius 1 is 1.03 bits per heavy atom. The maximum atomic E-state index is 13.3. The minimum absolute atomic E-state index is 0.0545. The van der Waals surface area contributed by atoms with E-state index in [-0.39, 0.29) is 30.3 Å². The highest BCUT2D eigenvalue weighted by atomic mass is 32.2. The van der Waals surface area contributed by atoms with Gasteiger partial charge in [-0.15, -0.1) is 0 Å². The quantitative estimate of drug-likeness (QED) is 0.162. The molecule has 7 N–H and O–H groups in total. The average molecular weight is 529 g/mol. The van der Waals surface area contributed by atoms with Gasteiger partial charge >= 0.3 is 5.97 Å². The number of rotatable bonds is 15. The Hall–Kier alpha value is -2.44. The lowest BCUT2D eigenvalue weighted by molar-refractivity contribution is -0.142. The summed E-state index contributed by atoms with van der Waals surface area (Å²) < 4.78 is 0.